The van der Waals surface area contributed by atoms with Crippen molar-refractivity contribution in [2.75, 3.05) is 6.54 Å². The van der Waals surface area contributed by atoms with Gasteiger partial charge in [-0.2, -0.15) is 0 Å². The summed E-state index contributed by atoms with van der Waals surface area (Å²) in [5.41, 5.74) is 1.58. The molecule has 1 amide bonds. The molecule has 0 aliphatic carbocycles. The Kier molecular flexibility index (Phi) is 5.43. The number of benzene rings is 2. The van der Waals surface area contributed by atoms with Gasteiger partial charge in [0, 0.05) is 29.6 Å². The van der Waals surface area contributed by atoms with Crippen molar-refractivity contribution in [3.63, 3.8) is 0 Å². The lowest BCUT2D eigenvalue weighted by molar-refractivity contribution is 0.0566. The van der Waals surface area contributed by atoms with Crippen molar-refractivity contribution in [2.45, 2.75) is 31.7 Å². The molecule has 0 spiro atoms. The number of pyridine rings is 1. The molecule has 1 fully saturated rings. The Balaban J connectivity index is 1.41. The summed E-state index contributed by atoms with van der Waals surface area (Å²) in [4.78, 5) is 24.3. The molecule has 2 aromatic heterocycles. The molecule has 1 saturated heterocycles. The van der Waals surface area contributed by atoms with E-state index < -0.39 is 0 Å². The first kappa shape index (κ1) is 19.8. The largest absolute Gasteiger partial charge is 0.443 e. The predicted molar refractivity (Wildman–Crippen MR) is 120 cm³/mol. The average molecular weight is 432 g/mol. The smallest absolute Gasteiger partial charge is 0.273 e. The third-order valence-corrected chi connectivity index (χ3v) is 6.04. The molecule has 1 atom stereocenters. The maximum atomic E-state index is 13.5. The maximum Gasteiger partial charge on any atom is 0.273 e. The number of hydrogen-bond acceptors (Lipinski definition) is 4. The number of carbonyl (C=O) groups excluding carboxylic acids is 1. The lowest BCUT2D eigenvalue weighted by Crippen LogP contribution is -2.39. The highest BCUT2D eigenvalue weighted by molar-refractivity contribution is 6.30. The Labute approximate surface area is 185 Å². The zero-order chi connectivity index (χ0) is 21.2. The molecule has 1 aliphatic heterocycles. The fourth-order valence-corrected chi connectivity index (χ4v) is 4.35. The first-order chi connectivity index (χ1) is 15.2. The number of oxazole rings is 1. The van der Waals surface area contributed by atoms with Crippen molar-refractivity contribution >= 4 is 28.3 Å². The van der Waals surface area contributed by atoms with Crippen LogP contribution in [0.5, 0.6) is 0 Å². The molecule has 4 aromatic rings. The molecule has 0 N–H and O–H groups in total. The average Bonchev–Trinajstić information content (AvgIpc) is 3.28. The van der Waals surface area contributed by atoms with Crippen molar-refractivity contribution < 1.29 is 9.21 Å². The van der Waals surface area contributed by atoms with E-state index >= 15 is 0 Å². The van der Waals surface area contributed by atoms with Crippen LogP contribution in [0.25, 0.3) is 10.8 Å². The number of aromatic nitrogens is 2. The van der Waals surface area contributed by atoms with Crippen molar-refractivity contribution in [1.29, 1.82) is 0 Å². The van der Waals surface area contributed by atoms with Crippen molar-refractivity contribution in [2.24, 2.45) is 0 Å². The van der Waals surface area contributed by atoms with Crippen LogP contribution in [0.4, 0.5) is 0 Å². The summed E-state index contributed by atoms with van der Waals surface area (Å²) in [5.74, 6) is 1.30. The molecule has 31 heavy (non-hydrogen) atoms. The number of amides is 1. The molecule has 3 heterocycles. The van der Waals surface area contributed by atoms with E-state index in [1.165, 1.54) is 0 Å². The van der Waals surface area contributed by atoms with E-state index in [0.29, 0.717) is 29.6 Å². The van der Waals surface area contributed by atoms with E-state index in [0.717, 1.165) is 41.4 Å². The molecule has 5 nitrogen and oxygen atoms in total. The maximum absolute atomic E-state index is 13.5. The first-order valence-electron chi connectivity index (χ1n) is 10.5. The molecule has 0 saturated carbocycles. The van der Waals surface area contributed by atoms with Gasteiger partial charge in [0.15, 0.2) is 0 Å². The van der Waals surface area contributed by atoms with Gasteiger partial charge >= 0.3 is 0 Å². The predicted octanol–water partition coefficient (Wildman–Crippen LogP) is 5.83. The van der Waals surface area contributed by atoms with Crippen LogP contribution >= 0.6 is 11.6 Å². The standard InChI is InChI=1S/C25H22ClN3O2/c26-19-10-8-17(9-11-19)15-20-16-28-24(31-20)22-7-3-4-14-29(22)25(30)23-21-6-2-1-5-18(21)12-13-27-23/h1-2,5-6,8-13,16,22H,3-4,7,14-15H2/t22-/m0/s1. The molecule has 0 bridgehead atoms. The van der Waals surface area contributed by atoms with E-state index in [-0.39, 0.29) is 11.9 Å². The van der Waals surface area contributed by atoms with Crippen molar-refractivity contribution in [3.05, 3.63) is 94.9 Å². The number of hydrogen-bond donors (Lipinski definition) is 0. The molecule has 0 unspecified atom stereocenters. The van der Waals surface area contributed by atoms with Gasteiger partial charge in [-0.1, -0.05) is 48.0 Å². The quantitative estimate of drug-likeness (QED) is 0.407. The Morgan fingerprint density at radius 2 is 1.90 bits per heavy atom. The van der Waals surface area contributed by atoms with E-state index in [9.17, 15) is 4.79 Å². The minimum Gasteiger partial charge on any atom is -0.443 e. The van der Waals surface area contributed by atoms with Crippen LogP contribution in [0.1, 0.15) is 53.0 Å². The Morgan fingerprint density at radius 1 is 1.06 bits per heavy atom. The van der Waals surface area contributed by atoms with Crippen LogP contribution < -0.4 is 0 Å². The highest BCUT2D eigenvalue weighted by Crippen LogP contribution is 2.33. The minimum atomic E-state index is -0.180. The number of carbonyl (C=O) groups is 1. The lowest BCUT2D eigenvalue weighted by Gasteiger charge is -2.33. The molecule has 2 aromatic carbocycles. The fourth-order valence-electron chi connectivity index (χ4n) is 4.22. The van der Waals surface area contributed by atoms with Gasteiger partial charge in [-0.25, -0.2) is 4.98 Å². The van der Waals surface area contributed by atoms with E-state index in [4.69, 9.17) is 16.0 Å². The second-order valence-electron chi connectivity index (χ2n) is 7.86. The highest BCUT2D eigenvalue weighted by atomic mass is 35.5. The minimum absolute atomic E-state index is 0.0704. The lowest BCUT2D eigenvalue weighted by atomic mass is 10.0. The zero-order valence-corrected chi connectivity index (χ0v) is 17.8. The second-order valence-corrected chi connectivity index (χ2v) is 8.30. The normalized spacial score (nSPS) is 16.5. The topological polar surface area (TPSA) is 59.2 Å². The van der Waals surface area contributed by atoms with Gasteiger partial charge in [0.25, 0.3) is 5.91 Å². The van der Waals surface area contributed by atoms with E-state index in [1.54, 1.807) is 12.4 Å². The van der Waals surface area contributed by atoms with Gasteiger partial charge in [-0.05, 0) is 48.4 Å². The van der Waals surface area contributed by atoms with Crippen LogP contribution in [0.2, 0.25) is 5.02 Å². The van der Waals surface area contributed by atoms with Gasteiger partial charge in [0.2, 0.25) is 5.89 Å². The molecule has 1 aliphatic rings. The zero-order valence-electron chi connectivity index (χ0n) is 17.0. The van der Waals surface area contributed by atoms with Gasteiger partial charge in [0.1, 0.15) is 17.5 Å². The van der Waals surface area contributed by atoms with Crippen LogP contribution in [-0.2, 0) is 6.42 Å². The molecule has 0 radical (unpaired) electrons. The molecule has 6 heteroatoms. The van der Waals surface area contributed by atoms with Crippen LogP contribution in [-0.4, -0.2) is 27.3 Å². The summed E-state index contributed by atoms with van der Waals surface area (Å²) in [6.45, 7) is 0.670. The second kappa shape index (κ2) is 8.52. The third kappa shape index (κ3) is 4.06. The monoisotopic (exact) mass is 431 g/mol. The summed E-state index contributed by atoms with van der Waals surface area (Å²) < 4.78 is 6.10. The summed E-state index contributed by atoms with van der Waals surface area (Å²) in [6.07, 6.45) is 6.92. The van der Waals surface area contributed by atoms with Gasteiger partial charge in [-0.15, -0.1) is 0 Å². The Bertz CT molecular complexity index is 1210. The molecular weight excluding hydrogens is 410 g/mol. The fraction of sp³-hybridized carbons (Fsp3) is 0.240. The van der Waals surface area contributed by atoms with Gasteiger partial charge in [-0.3, -0.25) is 9.78 Å². The van der Waals surface area contributed by atoms with E-state index in [1.807, 2.05) is 59.5 Å². The number of halogens is 1. The summed E-state index contributed by atoms with van der Waals surface area (Å²) in [7, 11) is 0. The van der Waals surface area contributed by atoms with Crippen LogP contribution in [0.15, 0.2) is 71.4 Å². The van der Waals surface area contributed by atoms with Crippen LogP contribution in [0.3, 0.4) is 0 Å². The summed E-state index contributed by atoms with van der Waals surface area (Å²) in [5, 5.41) is 2.59. The molecule has 5 rings (SSSR count). The van der Waals surface area contributed by atoms with Crippen molar-refractivity contribution in [1.82, 2.24) is 14.9 Å². The summed E-state index contributed by atoms with van der Waals surface area (Å²) in [6, 6.07) is 17.3. The first-order valence-corrected chi connectivity index (χ1v) is 10.9. The number of likely N-dealkylation sites (tertiary alicyclic amines) is 1. The van der Waals surface area contributed by atoms with Gasteiger partial charge in [0.05, 0.1) is 6.20 Å². The SMILES string of the molecule is O=C(c1nccc2ccccc12)N1CCCC[C@H]1c1ncc(Cc2ccc(Cl)cc2)o1. The number of rotatable bonds is 4. The van der Waals surface area contributed by atoms with Crippen molar-refractivity contribution in [3.8, 4) is 0 Å². The van der Waals surface area contributed by atoms with E-state index in [2.05, 4.69) is 9.97 Å². The summed E-state index contributed by atoms with van der Waals surface area (Å²) >= 11 is 5.97. The highest BCUT2D eigenvalue weighted by Gasteiger charge is 2.33. The molecular formula is C25H22ClN3O2. The Hall–Kier alpha value is -3.18. The number of fused-ring (bicyclic) bond motifs is 1. The van der Waals surface area contributed by atoms with Crippen LogP contribution in [0, 0.1) is 0 Å². The number of piperidine rings is 1. The molecule has 156 valence electrons. The number of nitrogens with zero attached hydrogens (tertiary/aromatic N) is 3. The van der Waals surface area contributed by atoms with Gasteiger partial charge < -0.3 is 9.32 Å². The third-order valence-electron chi connectivity index (χ3n) is 5.79. The Morgan fingerprint density at radius 3 is 2.77 bits per heavy atom.